The van der Waals surface area contributed by atoms with Crippen molar-refractivity contribution in [2.75, 3.05) is 18.8 Å². The van der Waals surface area contributed by atoms with E-state index in [0.717, 1.165) is 24.3 Å². The number of nitrogens with one attached hydrogen (secondary N) is 1. The lowest BCUT2D eigenvalue weighted by molar-refractivity contribution is 0.631. The smallest absolute Gasteiger partial charge is 0.0144 e. The first-order chi connectivity index (χ1) is 6.20. The third kappa shape index (κ3) is 8.63. The highest BCUT2D eigenvalue weighted by atomic mass is 32.2. The van der Waals surface area contributed by atoms with Gasteiger partial charge in [-0.3, -0.25) is 0 Å². The number of hydrogen-bond acceptors (Lipinski definition) is 2. The van der Waals surface area contributed by atoms with Gasteiger partial charge in [0.15, 0.2) is 0 Å². The summed E-state index contributed by atoms with van der Waals surface area (Å²) in [6.07, 6.45) is 2.55. The van der Waals surface area contributed by atoms with E-state index in [1.54, 1.807) is 0 Å². The van der Waals surface area contributed by atoms with Crippen molar-refractivity contribution in [1.29, 1.82) is 0 Å². The van der Waals surface area contributed by atoms with Crippen LogP contribution in [-0.2, 0) is 0 Å². The first-order valence-electron chi connectivity index (χ1n) is 5.53. The summed E-state index contributed by atoms with van der Waals surface area (Å²) in [4.78, 5) is 0. The predicted octanol–water partition coefficient (Wildman–Crippen LogP) is 3.15. The van der Waals surface area contributed by atoms with Crippen LogP contribution >= 0.6 is 11.8 Å². The minimum absolute atomic E-state index is 0.764. The zero-order valence-electron chi connectivity index (χ0n) is 9.60. The average Bonchev–Trinajstić information content (AvgIpc) is 2.14. The first kappa shape index (κ1) is 13.3. The fraction of sp³-hybridized carbons (Fsp3) is 1.00. The van der Waals surface area contributed by atoms with Crippen molar-refractivity contribution in [2.24, 2.45) is 5.92 Å². The van der Waals surface area contributed by atoms with Crippen LogP contribution in [0, 0.1) is 5.92 Å². The Kier molecular flexibility index (Phi) is 9.10. The lowest BCUT2D eigenvalue weighted by Crippen LogP contribution is -2.24. The summed E-state index contributed by atoms with van der Waals surface area (Å²) in [7, 11) is 0. The van der Waals surface area contributed by atoms with Crippen LogP contribution < -0.4 is 5.32 Å². The van der Waals surface area contributed by atoms with E-state index in [4.69, 9.17) is 0 Å². The van der Waals surface area contributed by atoms with E-state index in [-0.39, 0.29) is 0 Å². The minimum Gasteiger partial charge on any atom is -0.316 e. The van der Waals surface area contributed by atoms with Crippen LogP contribution in [0.3, 0.4) is 0 Å². The molecule has 0 aliphatic rings. The molecule has 1 N–H and O–H groups in total. The molecule has 2 heteroatoms. The molecule has 0 bridgehead atoms. The molecule has 0 saturated heterocycles. The van der Waals surface area contributed by atoms with Crippen LogP contribution in [0.25, 0.3) is 0 Å². The lowest BCUT2D eigenvalue weighted by atomic mass is 10.2. The Balaban J connectivity index is 3.24. The van der Waals surface area contributed by atoms with Crippen LogP contribution in [0.4, 0.5) is 0 Å². The molecule has 0 aliphatic carbocycles. The molecule has 0 saturated carbocycles. The topological polar surface area (TPSA) is 12.0 Å². The molecule has 80 valence electrons. The van der Waals surface area contributed by atoms with Crippen molar-refractivity contribution in [2.45, 2.75) is 45.8 Å². The lowest BCUT2D eigenvalue weighted by Gasteiger charge is -2.14. The fourth-order valence-corrected chi connectivity index (χ4v) is 2.12. The highest BCUT2D eigenvalue weighted by molar-refractivity contribution is 7.99. The van der Waals surface area contributed by atoms with Gasteiger partial charge in [0.05, 0.1) is 0 Å². The van der Waals surface area contributed by atoms with E-state index in [2.05, 4.69) is 44.8 Å². The molecule has 0 radical (unpaired) electrons. The third-order valence-corrected chi connectivity index (χ3v) is 3.72. The maximum atomic E-state index is 3.46. The molecule has 0 aromatic carbocycles. The highest BCUT2D eigenvalue weighted by Crippen LogP contribution is 2.15. The van der Waals surface area contributed by atoms with E-state index >= 15 is 0 Å². The van der Waals surface area contributed by atoms with E-state index in [9.17, 15) is 0 Å². The van der Waals surface area contributed by atoms with Crippen molar-refractivity contribution in [1.82, 2.24) is 5.32 Å². The van der Waals surface area contributed by atoms with Crippen LogP contribution in [0.1, 0.15) is 40.5 Å². The van der Waals surface area contributed by atoms with E-state index in [1.807, 2.05) is 0 Å². The second-order valence-corrected chi connectivity index (χ2v) is 5.33. The molecule has 0 amide bonds. The molecule has 1 nitrogen and oxygen atoms in total. The molecule has 2 atom stereocenters. The predicted molar refractivity (Wildman–Crippen MR) is 64.5 cm³/mol. The normalized spacial score (nSPS) is 15.7. The first-order valence-corrected chi connectivity index (χ1v) is 6.57. The molecular weight excluding hydrogens is 178 g/mol. The molecule has 13 heavy (non-hydrogen) atoms. The van der Waals surface area contributed by atoms with Gasteiger partial charge in [0.1, 0.15) is 0 Å². The van der Waals surface area contributed by atoms with Crippen LogP contribution in [0.5, 0.6) is 0 Å². The molecule has 0 fully saturated rings. The van der Waals surface area contributed by atoms with Crippen molar-refractivity contribution in [3.05, 3.63) is 0 Å². The molecule has 2 unspecified atom stereocenters. The summed E-state index contributed by atoms with van der Waals surface area (Å²) in [6, 6.07) is 0. The molecule has 0 heterocycles. The average molecular weight is 203 g/mol. The molecule has 0 aromatic rings. The van der Waals surface area contributed by atoms with Gasteiger partial charge in [-0.2, -0.15) is 11.8 Å². The summed E-state index contributed by atoms with van der Waals surface area (Å²) in [5, 5.41) is 4.22. The second-order valence-electron chi connectivity index (χ2n) is 3.86. The Hall–Kier alpha value is 0.310. The molecule has 0 rings (SSSR count). The second kappa shape index (κ2) is 8.89. The van der Waals surface area contributed by atoms with Gasteiger partial charge >= 0.3 is 0 Å². The largest absolute Gasteiger partial charge is 0.316 e. The van der Waals surface area contributed by atoms with E-state index < -0.39 is 0 Å². The van der Waals surface area contributed by atoms with E-state index in [1.165, 1.54) is 18.6 Å². The van der Waals surface area contributed by atoms with Crippen LogP contribution in [-0.4, -0.2) is 24.1 Å². The highest BCUT2D eigenvalue weighted by Gasteiger charge is 2.04. The monoisotopic (exact) mass is 203 g/mol. The fourth-order valence-electron chi connectivity index (χ4n) is 0.987. The van der Waals surface area contributed by atoms with Crippen molar-refractivity contribution >= 4 is 11.8 Å². The Morgan fingerprint density at radius 2 is 1.92 bits per heavy atom. The third-order valence-electron chi connectivity index (χ3n) is 2.22. The Bertz CT molecular complexity index is 106. The summed E-state index contributed by atoms with van der Waals surface area (Å²) >= 11 is 2.10. The van der Waals surface area contributed by atoms with Gasteiger partial charge in [-0.15, -0.1) is 0 Å². The number of thioether (sulfide) groups is 1. The summed E-state index contributed by atoms with van der Waals surface area (Å²) in [6.45, 7) is 11.5. The Morgan fingerprint density at radius 1 is 1.23 bits per heavy atom. The van der Waals surface area contributed by atoms with Gasteiger partial charge in [0.25, 0.3) is 0 Å². The zero-order valence-corrected chi connectivity index (χ0v) is 10.4. The van der Waals surface area contributed by atoms with Crippen LogP contribution in [0.2, 0.25) is 0 Å². The molecule has 0 spiro atoms. The summed E-state index contributed by atoms with van der Waals surface area (Å²) in [5.74, 6) is 2.18. The van der Waals surface area contributed by atoms with Gasteiger partial charge < -0.3 is 5.32 Å². The molecule has 0 aromatic heterocycles. The quantitative estimate of drug-likeness (QED) is 0.608. The molecular formula is C11H25NS. The maximum absolute atomic E-state index is 3.46. The Morgan fingerprint density at radius 3 is 2.46 bits per heavy atom. The maximum Gasteiger partial charge on any atom is 0.0144 e. The van der Waals surface area contributed by atoms with Gasteiger partial charge in [-0.25, -0.2) is 0 Å². The standard InChI is InChI=1S/C11H25NS/c1-5-7-12-8-11(4)13-9-10(3)6-2/h10-12H,5-9H2,1-4H3. The van der Waals surface area contributed by atoms with Gasteiger partial charge in [-0.05, 0) is 24.6 Å². The Labute approximate surface area is 88.1 Å². The molecule has 0 aliphatic heterocycles. The summed E-state index contributed by atoms with van der Waals surface area (Å²) < 4.78 is 0. The van der Waals surface area contributed by atoms with Crippen molar-refractivity contribution in [3.8, 4) is 0 Å². The zero-order chi connectivity index (χ0) is 10.1. The van der Waals surface area contributed by atoms with Gasteiger partial charge in [0, 0.05) is 11.8 Å². The van der Waals surface area contributed by atoms with Gasteiger partial charge in [0.2, 0.25) is 0 Å². The van der Waals surface area contributed by atoms with Gasteiger partial charge in [-0.1, -0.05) is 34.1 Å². The number of rotatable bonds is 8. The SMILES string of the molecule is CCCNCC(C)SCC(C)CC. The summed E-state index contributed by atoms with van der Waals surface area (Å²) in [5.41, 5.74) is 0. The minimum atomic E-state index is 0.764. The number of hydrogen-bond donors (Lipinski definition) is 1. The van der Waals surface area contributed by atoms with Crippen molar-refractivity contribution in [3.63, 3.8) is 0 Å². The van der Waals surface area contributed by atoms with Crippen LogP contribution in [0.15, 0.2) is 0 Å². The van der Waals surface area contributed by atoms with Crippen molar-refractivity contribution < 1.29 is 0 Å². The van der Waals surface area contributed by atoms with E-state index in [0.29, 0.717) is 0 Å².